The summed E-state index contributed by atoms with van der Waals surface area (Å²) in [5.74, 6) is 1.66. The molecule has 2 aliphatic rings. The molecule has 2 fully saturated rings. The second kappa shape index (κ2) is 7.60. The van der Waals surface area contributed by atoms with Gasteiger partial charge in [0.15, 0.2) is 5.82 Å². The lowest BCUT2D eigenvalue weighted by atomic mass is 9.80. The molecule has 1 aromatic carbocycles. The number of amides is 1. The second-order valence-corrected chi connectivity index (χ2v) is 9.03. The van der Waals surface area contributed by atoms with Gasteiger partial charge in [0, 0.05) is 38.4 Å². The first-order valence-electron chi connectivity index (χ1n) is 10.8. The number of likely N-dealkylation sites (tertiary alicyclic amines) is 1. The van der Waals surface area contributed by atoms with E-state index in [1.165, 1.54) is 5.56 Å². The summed E-state index contributed by atoms with van der Waals surface area (Å²) in [5.41, 5.74) is 2.58. The van der Waals surface area contributed by atoms with Crippen molar-refractivity contribution in [2.75, 3.05) is 13.1 Å². The highest BCUT2D eigenvalue weighted by molar-refractivity contribution is 5.95. The summed E-state index contributed by atoms with van der Waals surface area (Å²) >= 11 is 0. The summed E-state index contributed by atoms with van der Waals surface area (Å²) in [7, 11) is 1.85. The molecule has 1 aliphatic heterocycles. The number of hydrogen-bond donors (Lipinski definition) is 1. The van der Waals surface area contributed by atoms with Crippen LogP contribution in [-0.2, 0) is 19.0 Å². The van der Waals surface area contributed by atoms with Gasteiger partial charge in [0.25, 0.3) is 5.91 Å². The van der Waals surface area contributed by atoms with E-state index in [0.717, 1.165) is 38.2 Å². The molecule has 0 spiro atoms. The maximum atomic E-state index is 12.9. The average Bonchev–Trinajstić information content (AvgIpc) is 3.47. The Morgan fingerprint density at radius 2 is 2.10 bits per heavy atom. The quantitative estimate of drug-likeness (QED) is 0.682. The van der Waals surface area contributed by atoms with Crippen molar-refractivity contribution in [1.29, 1.82) is 0 Å². The van der Waals surface area contributed by atoms with E-state index in [0.29, 0.717) is 23.2 Å². The van der Waals surface area contributed by atoms with E-state index in [-0.39, 0.29) is 17.4 Å². The summed E-state index contributed by atoms with van der Waals surface area (Å²) in [6.45, 7) is 6.48. The number of rotatable bonds is 5. The van der Waals surface area contributed by atoms with E-state index in [2.05, 4.69) is 49.7 Å². The molecule has 1 saturated heterocycles. The van der Waals surface area contributed by atoms with Crippen molar-refractivity contribution in [3.8, 4) is 0 Å². The number of aryl methyl sites for hydroxylation is 2. The predicted octanol–water partition coefficient (Wildman–Crippen LogP) is 2.38. The van der Waals surface area contributed by atoms with E-state index >= 15 is 0 Å². The van der Waals surface area contributed by atoms with Crippen LogP contribution in [0.5, 0.6) is 0 Å². The van der Waals surface area contributed by atoms with Crippen molar-refractivity contribution in [2.45, 2.75) is 44.7 Å². The Kier molecular flexibility index (Phi) is 4.89. The van der Waals surface area contributed by atoms with Crippen LogP contribution in [0, 0.1) is 19.8 Å². The number of aromatic nitrogens is 4. The predicted molar refractivity (Wildman–Crippen MR) is 114 cm³/mol. The minimum Gasteiger partial charge on any atom is -0.349 e. The lowest BCUT2D eigenvalue weighted by molar-refractivity contribution is 0.0933. The van der Waals surface area contributed by atoms with Gasteiger partial charge >= 0.3 is 0 Å². The van der Waals surface area contributed by atoms with Crippen LogP contribution in [0.1, 0.15) is 46.2 Å². The summed E-state index contributed by atoms with van der Waals surface area (Å²) in [5, 5.41) is 11.5. The zero-order valence-corrected chi connectivity index (χ0v) is 18.2. The number of benzene rings is 1. The molecule has 0 radical (unpaired) electrons. The molecule has 1 aliphatic carbocycles. The number of nitrogens with one attached hydrogen (secondary N) is 1. The fraction of sp³-hybridized carbons (Fsp3) is 0.478. The maximum Gasteiger partial charge on any atom is 0.254 e. The first kappa shape index (κ1) is 19.9. The van der Waals surface area contributed by atoms with Crippen LogP contribution in [-0.4, -0.2) is 49.9 Å². The molecule has 3 heterocycles. The Morgan fingerprint density at radius 1 is 1.29 bits per heavy atom. The largest absolute Gasteiger partial charge is 0.349 e. The molecule has 5 rings (SSSR count). The number of hydrogen-bond acceptors (Lipinski definition) is 6. The van der Waals surface area contributed by atoms with Gasteiger partial charge < -0.3 is 9.84 Å². The number of fused-ring (bicyclic) bond motifs is 1. The van der Waals surface area contributed by atoms with Crippen molar-refractivity contribution in [1.82, 2.24) is 30.1 Å². The Balaban J connectivity index is 1.36. The third kappa shape index (κ3) is 3.54. The minimum absolute atomic E-state index is 0.0615. The fourth-order valence-electron chi connectivity index (χ4n) is 5.36. The van der Waals surface area contributed by atoms with Crippen molar-refractivity contribution < 1.29 is 9.32 Å². The van der Waals surface area contributed by atoms with Crippen LogP contribution < -0.4 is 5.32 Å². The number of carbonyl (C=O) groups excluding carboxylic acids is 1. The molecule has 3 atom stereocenters. The molecular weight excluding hydrogens is 392 g/mol. The van der Waals surface area contributed by atoms with E-state index in [1.807, 2.05) is 27.0 Å². The molecule has 1 amide bonds. The normalized spacial score (nSPS) is 25.6. The highest BCUT2D eigenvalue weighted by Crippen LogP contribution is 2.50. The zero-order valence-electron chi connectivity index (χ0n) is 18.2. The van der Waals surface area contributed by atoms with Gasteiger partial charge in [0.2, 0.25) is 5.89 Å². The van der Waals surface area contributed by atoms with Gasteiger partial charge in [0.1, 0.15) is 0 Å². The van der Waals surface area contributed by atoms with Crippen LogP contribution in [0.15, 0.2) is 41.1 Å². The van der Waals surface area contributed by atoms with E-state index in [1.54, 1.807) is 10.9 Å². The van der Waals surface area contributed by atoms with E-state index in [9.17, 15) is 4.79 Å². The highest BCUT2D eigenvalue weighted by atomic mass is 16.5. The Hall–Kier alpha value is -3.00. The Morgan fingerprint density at radius 3 is 2.77 bits per heavy atom. The van der Waals surface area contributed by atoms with Crippen molar-refractivity contribution in [3.63, 3.8) is 0 Å². The highest BCUT2D eigenvalue weighted by Gasteiger charge is 2.57. The lowest BCUT2D eigenvalue weighted by Gasteiger charge is -2.25. The van der Waals surface area contributed by atoms with Crippen LogP contribution in [0.25, 0.3) is 0 Å². The molecule has 162 valence electrons. The third-order valence-corrected chi connectivity index (χ3v) is 6.96. The van der Waals surface area contributed by atoms with Gasteiger partial charge in [-0.3, -0.25) is 14.4 Å². The van der Waals surface area contributed by atoms with Crippen LogP contribution in [0.3, 0.4) is 0 Å². The fourth-order valence-corrected chi connectivity index (χ4v) is 5.36. The Bertz CT molecular complexity index is 1090. The molecule has 1 saturated carbocycles. The first-order valence-corrected chi connectivity index (χ1v) is 10.8. The minimum atomic E-state index is -0.224. The molecular formula is C23H28N6O2. The smallest absolute Gasteiger partial charge is 0.254 e. The third-order valence-electron chi connectivity index (χ3n) is 6.96. The van der Waals surface area contributed by atoms with Crippen molar-refractivity contribution >= 4 is 5.91 Å². The first-order chi connectivity index (χ1) is 14.9. The molecule has 0 bridgehead atoms. The molecule has 0 unspecified atom stereocenters. The van der Waals surface area contributed by atoms with Gasteiger partial charge in [-0.15, -0.1) is 0 Å². The molecule has 3 aromatic rings. The lowest BCUT2D eigenvalue weighted by Crippen LogP contribution is -2.38. The second-order valence-electron chi connectivity index (χ2n) is 9.03. The Labute approximate surface area is 181 Å². The molecule has 8 heteroatoms. The number of nitrogens with zero attached hydrogens (tertiary/aromatic N) is 5. The topological polar surface area (TPSA) is 89.1 Å². The van der Waals surface area contributed by atoms with Gasteiger partial charge in [0.05, 0.1) is 17.2 Å². The van der Waals surface area contributed by atoms with Crippen molar-refractivity contribution in [3.05, 3.63) is 65.1 Å². The van der Waals surface area contributed by atoms with Gasteiger partial charge in [-0.1, -0.05) is 35.5 Å². The van der Waals surface area contributed by atoms with Crippen LogP contribution in [0.4, 0.5) is 0 Å². The molecule has 1 N–H and O–H groups in total. The molecule has 2 aromatic heterocycles. The zero-order chi connectivity index (χ0) is 21.6. The molecule has 8 nitrogen and oxygen atoms in total. The summed E-state index contributed by atoms with van der Waals surface area (Å²) in [6.07, 6.45) is 3.34. The summed E-state index contributed by atoms with van der Waals surface area (Å²) < 4.78 is 7.42. The monoisotopic (exact) mass is 420 g/mol. The maximum absolute atomic E-state index is 12.9. The number of carbonyl (C=O) groups is 1. The van der Waals surface area contributed by atoms with Crippen LogP contribution >= 0.6 is 0 Å². The van der Waals surface area contributed by atoms with Gasteiger partial charge in [-0.05, 0) is 38.2 Å². The van der Waals surface area contributed by atoms with Crippen LogP contribution in [0.2, 0.25) is 0 Å². The summed E-state index contributed by atoms with van der Waals surface area (Å²) in [4.78, 5) is 20.0. The van der Waals surface area contributed by atoms with E-state index < -0.39 is 0 Å². The van der Waals surface area contributed by atoms with Gasteiger partial charge in [-0.25, -0.2) is 0 Å². The van der Waals surface area contributed by atoms with Crippen molar-refractivity contribution in [2.24, 2.45) is 13.0 Å². The SMILES string of the molecule is Cc1noc([C@]23C[C@H](NC(=O)c4cnn(C)c4C)C[C@H]2CN(Cc2ccccc2)C3)n1. The standard InChI is InChI=1S/C23H28N6O2/c1-15-20(11-24-28(15)3)21(30)26-19-9-18-13-29(12-17-7-5-4-6-8-17)14-23(18,10-19)22-25-16(2)27-31-22/h4-8,11,18-19H,9-10,12-14H2,1-3H3,(H,26,30)/t18-,19+,23-/m0/s1. The molecule has 31 heavy (non-hydrogen) atoms. The van der Waals surface area contributed by atoms with Gasteiger partial charge in [-0.2, -0.15) is 10.1 Å². The summed E-state index contributed by atoms with van der Waals surface area (Å²) in [6, 6.07) is 10.6. The average molecular weight is 421 g/mol. The van der Waals surface area contributed by atoms with E-state index in [4.69, 9.17) is 4.52 Å².